The predicted octanol–water partition coefficient (Wildman–Crippen LogP) is 1.11. The molecule has 1 fully saturated rings. The number of furan rings is 1. The normalized spacial score (nSPS) is 14.7. The van der Waals surface area contributed by atoms with Crippen molar-refractivity contribution in [1.82, 2.24) is 10.2 Å². The lowest BCUT2D eigenvalue weighted by Gasteiger charge is -2.24. The first-order valence-corrected chi connectivity index (χ1v) is 9.68. The van der Waals surface area contributed by atoms with Gasteiger partial charge in [-0.1, -0.05) is 30.3 Å². The predicted molar refractivity (Wildman–Crippen MR) is 102 cm³/mol. The minimum absolute atomic E-state index is 0.0360. The molecule has 2 aromatic rings. The average Bonchev–Trinajstić information content (AvgIpc) is 3.23. The smallest absolute Gasteiger partial charge is 0.257 e. The maximum Gasteiger partial charge on any atom is 0.257 e. The third kappa shape index (κ3) is 5.96. The van der Waals surface area contributed by atoms with Gasteiger partial charge in [0.2, 0.25) is 5.91 Å². The summed E-state index contributed by atoms with van der Waals surface area (Å²) in [6, 6.07) is 11.3. The van der Waals surface area contributed by atoms with E-state index in [1.165, 1.54) is 44.9 Å². The Morgan fingerprint density at radius 1 is 1.07 bits per heavy atom. The maximum atomic E-state index is 12.7. The summed E-state index contributed by atoms with van der Waals surface area (Å²) in [5.74, 6) is -0.330. The molecule has 1 aliphatic rings. The average molecular weight is 370 g/mol. The zero-order valence-corrected chi connectivity index (χ0v) is 15.7. The van der Waals surface area contributed by atoms with Crippen molar-refractivity contribution in [1.29, 1.82) is 0 Å². The van der Waals surface area contributed by atoms with Gasteiger partial charge in [0.25, 0.3) is 5.91 Å². The van der Waals surface area contributed by atoms with E-state index in [1.807, 2.05) is 30.3 Å². The van der Waals surface area contributed by atoms with E-state index in [9.17, 15) is 9.59 Å². The highest BCUT2D eigenvalue weighted by molar-refractivity contribution is 5.96. The first-order valence-electron chi connectivity index (χ1n) is 9.68. The molecule has 0 radical (unpaired) electrons. The third-order valence-corrected chi connectivity index (χ3v) is 4.97. The van der Waals surface area contributed by atoms with Crippen LogP contribution >= 0.6 is 0 Å². The Balaban J connectivity index is 1.55. The summed E-state index contributed by atoms with van der Waals surface area (Å²) in [6.45, 7) is 4.39. The first kappa shape index (κ1) is 19.2. The Labute approximate surface area is 160 Å². The van der Waals surface area contributed by atoms with Gasteiger partial charge in [0, 0.05) is 6.54 Å². The molecule has 0 bridgehead atoms. The van der Waals surface area contributed by atoms with Crippen molar-refractivity contribution in [2.75, 3.05) is 32.7 Å². The molecule has 0 unspecified atom stereocenters. The summed E-state index contributed by atoms with van der Waals surface area (Å²) < 4.78 is 5.02. The van der Waals surface area contributed by atoms with Gasteiger partial charge in [0.05, 0.1) is 38.0 Å². The molecule has 27 heavy (non-hydrogen) atoms. The van der Waals surface area contributed by atoms with Crippen LogP contribution in [0, 0.1) is 0 Å². The number of likely N-dealkylation sites (tertiary alicyclic amines) is 1. The fourth-order valence-electron chi connectivity index (χ4n) is 3.48. The van der Waals surface area contributed by atoms with Crippen LogP contribution in [0.15, 0.2) is 53.3 Å². The van der Waals surface area contributed by atoms with Crippen molar-refractivity contribution < 1.29 is 18.9 Å². The quantitative estimate of drug-likeness (QED) is 0.732. The molecule has 3 rings (SSSR count). The summed E-state index contributed by atoms with van der Waals surface area (Å²) in [5, 5.41) is 2.97. The second-order valence-corrected chi connectivity index (χ2v) is 7.07. The van der Waals surface area contributed by atoms with Crippen LogP contribution in [0.5, 0.6) is 0 Å². The lowest BCUT2D eigenvalue weighted by atomic mass is 10.1. The number of amides is 2. The molecule has 1 aliphatic heterocycles. The molecule has 2 amide bonds. The van der Waals surface area contributed by atoms with Gasteiger partial charge in [-0.3, -0.25) is 9.59 Å². The number of carbonyl (C=O) groups excluding carboxylic acids is 2. The van der Waals surface area contributed by atoms with E-state index in [0.29, 0.717) is 18.7 Å². The zero-order chi connectivity index (χ0) is 18.9. The number of hydrogen-bond donors (Lipinski definition) is 2. The fraction of sp³-hybridized carbons (Fsp3) is 0.429. The topological polar surface area (TPSA) is 67.0 Å². The molecule has 144 valence electrons. The second-order valence-electron chi connectivity index (χ2n) is 7.07. The van der Waals surface area contributed by atoms with E-state index in [2.05, 4.69) is 5.32 Å². The van der Waals surface area contributed by atoms with E-state index in [0.717, 1.165) is 12.1 Å². The van der Waals surface area contributed by atoms with Crippen molar-refractivity contribution in [3.8, 4) is 0 Å². The number of rotatable bonds is 8. The van der Waals surface area contributed by atoms with Crippen LogP contribution in [0.1, 0.15) is 35.2 Å². The largest absolute Gasteiger partial charge is 0.472 e. The lowest BCUT2D eigenvalue weighted by molar-refractivity contribution is -0.903. The highest BCUT2D eigenvalue weighted by Crippen LogP contribution is 2.10. The number of nitrogens with zero attached hydrogens (tertiary/aromatic N) is 1. The highest BCUT2D eigenvalue weighted by Gasteiger charge is 2.20. The zero-order valence-electron chi connectivity index (χ0n) is 15.7. The maximum absolute atomic E-state index is 12.7. The first-order chi connectivity index (χ1) is 13.2. The van der Waals surface area contributed by atoms with Crippen molar-refractivity contribution in [3.63, 3.8) is 0 Å². The SMILES string of the molecule is O=C(CN(Cc1ccccc1)C(=O)c1ccoc1)NCC[NH+]1CCCCC1. The molecule has 2 N–H and O–H groups in total. The Morgan fingerprint density at radius 2 is 1.85 bits per heavy atom. The monoisotopic (exact) mass is 370 g/mol. The molecule has 0 atom stereocenters. The summed E-state index contributed by atoms with van der Waals surface area (Å²) in [5.41, 5.74) is 1.44. The number of piperidine rings is 1. The molecule has 1 aromatic heterocycles. The Hall–Kier alpha value is -2.60. The number of hydrogen-bond acceptors (Lipinski definition) is 3. The van der Waals surface area contributed by atoms with Crippen molar-refractivity contribution in [2.24, 2.45) is 0 Å². The minimum Gasteiger partial charge on any atom is -0.472 e. The van der Waals surface area contributed by atoms with Gasteiger partial charge in [-0.25, -0.2) is 0 Å². The van der Waals surface area contributed by atoms with Gasteiger partial charge in [0.1, 0.15) is 12.8 Å². The van der Waals surface area contributed by atoms with Crippen LogP contribution < -0.4 is 10.2 Å². The molecule has 2 heterocycles. The van der Waals surface area contributed by atoms with Gasteiger partial charge in [0.15, 0.2) is 0 Å². The fourth-order valence-corrected chi connectivity index (χ4v) is 3.48. The summed E-state index contributed by atoms with van der Waals surface area (Å²) in [6.07, 6.45) is 6.74. The van der Waals surface area contributed by atoms with Crippen LogP contribution in [0.25, 0.3) is 0 Å². The van der Waals surface area contributed by atoms with Crippen molar-refractivity contribution in [3.05, 3.63) is 60.1 Å². The van der Waals surface area contributed by atoms with Crippen LogP contribution in [0.4, 0.5) is 0 Å². The van der Waals surface area contributed by atoms with Crippen LogP contribution in [-0.4, -0.2) is 49.4 Å². The van der Waals surface area contributed by atoms with Crippen molar-refractivity contribution >= 4 is 11.8 Å². The molecular formula is C21H28N3O3+. The number of benzene rings is 1. The van der Waals surface area contributed by atoms with Crippen LogP contribution in [0.3, 0.4) is 0 Å². The van der Waals surface area contributed by atoms with E-state index in [-0.39, 0.29) is 18.4 Å². The Kier molecular flexibility index (Phi) is 7.04. The second kappa shape index (κ2) is 9.92. The summed E-state index contributed by atoms with van der Waals surface area (Å²) in [4.78, 5) is 28.3. The van der Waals surface area contributed by atoms with Gasteiger partial charge >= 0.3 is 0 Å². The molecule has 6 nitrogen and oxygen atoms in total. The Bertz CT molecular complexity index is 710. The number of nitrogens with one attached hydrogen (secondary N) is 2. The van der Waals surface area contributed by atoms with Crippen molar-refractivity contribution in [2.45, 2.75) is 25.8 Å². The van der Waals surface area contributed by atoms with Gasteiger partial charge < -0.3 is 19.5 Å². The molecule has 0 spiro atoms. The van der Waals surface area contributed by atoms with Gasteiger partial charge in [-0.15, -0.1) is 0 Å². The highest BCUT2D eigenvalue weighted by atomic mass is 16.3. The van der Waals surface area contributed by atoms with Gasteiger partial charge in [-0.2, -0.15) is 0 Å². The van der Waals surface area contributed by atoms with Gasteiger partial charge in [-0.05, 0) is 30.9 Å². The molecule has 0 saturated carbocycles. The van der Waals surface area contributed by atoms with Crippen LogP contribution in [-0.2, 0) is 11.3 Å². The number of carbonyl (C=O) groups is 2. The van der Waals surface area contributed by atoms with E-state index >= 15 is 0 Å². The summed E-state index contributed by atoms with van der Waals surface area (Å²) >= 11 is 0. The Morgan fingerprint density at radius 3 is 2.56 bits per heavy atom. The molecular weight excluding hydrogens is 342 g/mol. The van der Waals surface area contributed by atoms with E-state index in [1.54, 1.807) is 15.9 Å². The molecule has 0 aliphatic carbocycles. The molecule has 1 aromatic carbocycles. The van der Waals surface area contributed by atoms with E-state index in [4.69, 9.17) is 4.42 Å². The molecule has 6 heteroatoms. The summed E-state index contributed by atoms with van der Waals surface area (Å²) in [7, 11) is 0. The minimum atomic E-state index is -0.204. The van der Waals surface area contributed by atoms with E-state index < -0.39 is 0 Å². The standard InChI is InChI=1S/C21H27N3O3/c25-20(22-10-13-23-11-5-2-6-12-23)16-24(15-18-7-3-1-4-8-18)21(26)19-9-14-27-17-19/h1,3-4,7-9,14,17H,2,5-6,10-13,15-16H2,(H,22,25)/p+1. The number of quaternary nitrogens is 1. The van der Waals surface area contributed by atoms with Crippen LogP contribution in [0.2, 0.25) is 0 Å². The molecule has 1 saturated heterocycles. The lowest BCUT2D eigenvalue weighted by Crippen LogP contribution is -3.13. The third-order valence-electron chi connectivity index (χ3n) is 4.97.